The first kappa shape index (κ1) is 24.5. The Bertz CT molecular complexity index is 770. The molecule has 0 aliphatic heterocycles. The van der Waals surface area contributed by atoms with Crippen LogP contribution in [-0.4, -0.2) is 23.9 Å². The van der Waals surface area contributed by atoms with Crippen LogP contribution in [0.4, 0.5) is 13.2 Å². The molecule has 0 aliphatic rings. The molecule has 0 saturated carbocycles. The molecule has 28 heavy (non-hydrogen) atoms. The number of ether oxygens (including phenoxy) is 1. The van der Waals surface area contributed by atoms with Gasteiger partial charge in [0.1, 0.15) is 5.75 Å². The number of hydrogen-bond donors (Lipinski definition) is 2. The predicted molar refractivity (Wildman–Crippen MR) is 116 cm³/mol. The summed E-state index contributed by atoms with van der Waals surface area (Å²) in [5, 5.41) is 6.15. The zero-order valence-corrected chi connectivity index (χ0v) is 19.0. The van der Waals surface area contributed by atoms with E-state index in [-0.39, 0.29) is 47.6 Å². The van der Waals surface area contributed by atoms with E-state index < -0.39 is 6.36 Å². The average Bonchev–Trinajstić information content (AvgIpc) is 3.02. The Balaban J connectivity index is 0.00000392. The number of aliphatic imine (C=N–C) groups is 1. The van der Waals surface area contributed by atoms with Crippen molar-refractivity contribution >= 4 is 41.3 Å². The lowest BCUT2D eigenvalue weighted by Gasteiger charge is -2.13. The maximum Gasteiger partial charge on any atom is 0.573 e. The Morgan fingerprint density at radius 2 is 1.86 bits per heavy atom. The fourth-order valence-electron chi connectivity index (χ4n) is 2.11. The monoisotopic (exact) mass is 528 g/mol. The summed E-state index contributed by atoms with van der Waals surface area (Å²) in [5.41, 5.74) is 7.59. The van der Waals surface area contributed by atoms with E-state index in [4.69, 9.17) is 5.73 Å². The van der Waals surface area contributed by atoms with Crippen molar-refractivity contribution in [3.05, 3.63) is 45.9 Å². The number of guanidine groups is 1. The molecule has 2 rings (SSSR count). The quantitative estimate of drug-likeness (QED) is 0.327. The highest BCUT2D eigenvalue weighted by atomic mass is 127. The van der Waals surface area contributed by atoms with E-state index in [2.05, 4.69) is 40.8 Å². The van der Waals surface area contributed by atoms with Gasteiger partial charge in [-0.25, -0.2) is 9.98 Å². The number of benzene rings is 1. The van der Waals surface area contributed by atoms with Crippen LogP contribution in [0.3, 0.4) is 0 Å². The van der Waals surface area contributed by atoms with Crippen LogP contribution in [0.2, 0.25) is 0 Å². The maximum atomic E-state index is 12.1. The van der Waals surface area contributed by atoms with Gasteiger partial charge in [0, 0.05) is 23.8 Å². The molecule has 0 fully saturated rings. The predicted octanol–water partition coefficient (Wildman–Crippen LogP) is 4.60. The van der Waals surface area contributed by atoms with Gasteiger partial charge in [0.2, 0.25) is 0 Å². The van der Waals surface area contributed by atoms with E-state index in [1.54, 1.807) is 11.3 Å². The summed E-state index contributed by atoms with van der Waals surface area (Å²) in [4.78, 5) is 8.79. The standard InChI is InChI=1S/C18H23F3N4OS.HI/c1-17(2,3)15-25-13(11-27-15)8-9-23-16(22)24-10-12-4-6-14(7-5-12)26-18(19,20)21;/h4-7,11H,8-10H2,1-3H3,(H3,22,23,24);1H. The number of alkyl halides is 3. The molecule has 0 bridgehead atoms. The first-order valence-corrected chi connectivity index (χ1v) is 9.24. The number of rotatable bonds is 6. The molecule has 3 N–H and O–H groups in total. The number of nitrogens with two attached hydrogens (primary N) is 1. The first-order chi connectivity index (χ1) is 12.5. The second-order valence-electron chi connectivity index (χ2n) is 6.96. The van der Waals surface area contributed by atoms with Gasteiger partial charge < -0.3 is 15.8 Å². The van der Waals surface area contributed by atoms with Gasteiger partial charge in [-0.1, -0.05) is 32.9 Å². The molecular formula is C18H24F3IN4OS. The number of hydrogen-bond acceptors (Lipinski definition) is 4. The molecule has 1 aromatic carbocycles. The van der Waals surface area contributed by atoms with Crippen molar-refractivity contribution in [2.75, 3.05) is 6.54 Å². The Labute approximate surface area is 183 Å². The molecule has 0 spiro atoms. The van der Waals surface area contributed by atoms with Gasteiger partial charge in [-0.15, -0.1) is 48.5 Å². The van der Waals surface area contributed by atoms with E-state index in [0.29, 0.717) is 6.54 Å². The fraction of sp³-hybridized carbons (Fsp3) is 0.444. The van der Waals surface area contributed by atoms with Crippen LogP contribution in [0.1, 0.15) is 37.0 Å². The number of nitrogens with one attached hydrogen (secondary N) is 1. The lowest BCUT2D eigenvalue weighted by molar-refractivity contribution is -0.274. The Hall–Kier alpha value is -1.56. The number of nitrogens with zero attached hydrogens (tertiary/aromatic N) is 2. The van der Waals surface area contributed by atoms with Crippen molar-refractivity contribution in [1.82, 2.24) is 10.3 Å². The summed E-state index contributed by atoms with van der Waals surface area (Å²) in [6, 6.07) is 5.52. The molecule has 0 aliphatic carbocycles. The van der Waals surface area contributed by atoms with E-state index in [0.717, 1.165) is 22.7 Å². The third-order valence-corrected chi connectivity index (χ3v) is 4.79. The second-order valence-corrected chi connectivity index (χ2v) is 7.82. The van der Waals surface area contributed by atoms with Gasteiger partial charge in [-0.3, -0.25) is 0 Å². The molecule has 0 saturated heterocycles. The van der Waals surface area contributed by atoms with Crippen LogP contribution in [0.5, 0.6) is 5.75 Å². The maximum absolute atomic E-state index is 12.1. The van der Waals surface area contributed by atoms with Crippen LogP contribution >= 0.6 is 35.3 Å². The zero-order chi connectivity index (χ0) is 20.1. The summed E-state index contributed by atoms with van der Waals surface area (Å²) in [7, 11) is 0. The lowest BCUT2D eigenvalue weighted by Crippen LogP contribution is -2.33. The molecule has 0 atom stereocenters. The van der Waals surface area contributed by atoms with Gasteiger partial charge in [0.25, 0.3) is 0 Å². The van der Waals surface area contributed by atoms with Crippen molar-refractivity contribution in [2.24, 2.45) is 10.7 Å². The third-order valence-electron chi connectivity index (χ3n) is 3.47. The summed E-state index contributed by atoms with van der Waals surface area (Å²) < 4.78 is 40.2. The zero-order valence-electron chi connectivity index (χ0n) is 15.8. The third kappa shape index (κ3) is 8.63. The van der Waals surface area contributed by atoms with E-state index in [9.17, 15) is 13.2 Å². The van der Waals surface area contributed by atoms with Crippen LogP contribution < -0.4 is 15.8 Å². The Kier molecular flexibility index (Phi) is 8.99. The van der Waals surface area contributed by atoms with Crippen molar-refractivity contribution in [2.45, 2.75) is 45.5 Å². The molecule has 0 unspecified atom stereocenters. The number of thiazole rings is 1. The number of halogens is 4. The van der Waals surface area contributed by atoms with Crippen molar-refractivity contribution in [3.63, 3.8) is 0 Å². The topological polar surface area (TPSA) is 72.5 Å². The molecule has 1 aromatic heterocycles. The summed E-state index contributed by atoms with van der Waals surface area (Å²) in [6.45, 7) is 7.23. The Morgan fingerprint density at radius 1 is 1.21 bits per heavy atom. The molecule has 156 valence electrons. The summed E-state index contributed by atoms with van der Waals surface area (Å²) in [6.07, 6.45) is -3.97. The summed E-state index contributed by atoms with van der Waals surface area (Å²) in [5.74, 6) is 0.0103. The van der Waals surface area contributed by atoms with Crippen molar-refractivity contribution < 1.29 is 17.9 Å². The minimum absolute atomic E-state index is 0. The van der Waals surface area contributed by atoms with Gasteiger partial charge in [-0.2, -0.15) is 0 Å². The number of aromatic nitrogens is 1. The van der Waals surface area contributed by atoms with Crippen molar-refractivity contribution in [1.29, 1.82) is 0 Å². The molecule has 0 amide bonds. The highest BCUT2D eigenvalue weighted by Crippen LogP contribution is 2.25. The Morgan fingerprint density at radius 3 is 2.39 bits per heavy atom. The highest BCUT2D eigenvalue weighted by Gasteiger charge is 2.30. The molecule has 1 heterocycles. The van der Waals surface area contributed by atoms with Crippen LogP contribution in [-0.2, 0) is 18.4 Å². The van der Waals surface area contributed by atoms with Gasteiger partial charge in [0.05, 0.1) is 17.2 Å². The minimum Gasteiger partial charge on any atom is -0.406 e. The normalized spacial score (nSPS) is 12.4. The molecule has 0 radical (unpaired) electrons. The molecule has 5 nitrogen and oxygen atoms in total. The average molecular weight is 528 g/mol. The van der Waals surface area contributed by atoms with Crippen LogP contribution in [0, 0.1) is 0 Å². The largest absolute Gasteiger partial charge is 0.573 e. The highest BCUT2D eigenvalue weighted by molar-refractivity contribution is 14.0. The first-order valence-electron chi connectivity index (χ1n) is 8.36. The SMILES string of the molecule is CC(C)(C)c1nc(CCNC(N)=NCc2ccc(OC(F)(F)F)cc2)cs1.I. The summed E-state index contributed by atoms with van der Waals surface area (Å²) >= 11 is 1.65. The van der Waals surface area contributed by atoms with Crippen LogP contribution in [0.15, 0.2) is 34.6 Å². The molecule has 10 heteroatoms. The van der Waals surface area contributed by atoms with E-state index in [1.807, 2.05) is 5.38 Å². The smallest absolute Gasteiger partial charge is 0.406 e. The second kappa shape index (κ2) is 10.3. The van der Waals surface area contributed by atoms with Crippen LogP contribution in [0.25, 0.3) is 0 Å². The lowest BCUT2D eigenvalue weighted by atomic mass is 9.98. The van der Waals surface area contributed by atoms with Gasteiger partial charge in [0.15, 0.2) is 5.96 Å². The van der Waals surface area contributed by atoms with Gasteiger partial charge in [-0.05, 0) is 17.7 Å². The minimum atomic E-state index is -4.70. The molecular weight excluding hydrogens is 504 g/mol. The molecule has 2 aromatic rings. The van der Waals surface area contributed by atoms with Crippen molar-refractivity contribution in [3.8, 4) is 5.75 Å². The van der Waals surface area contributed by atoms with E-state index >= 15 is 0 Å². The van der Waals surface area contributed by atoms with Gasteiger partial charge >= 0.3 is 6.36 Å². The fourth-order valence-corrected chi connectivity index (χ4v) is 3.06. The van der Waals surface area contributed by atoms with E-state index in [1.165, 1.54) is 24.3 Å².